The Balaban J connectivity index is 1.33. The molecule has 1 amide bonds. The van der Waals surface area contributed by atoms with Crippen molar-refractivity contribution < 1.29 is 9.21 Å². The molecule has 2 aromatic heterocycles. The molecular formula is C17H19N3O2. The smallest absolute Gasteiger partial charge is 0.271 e. The molecule has 0 aromatic carbocycles. The third-order valence-electron chi connectivity index (χ3n) is 5.86. The lowest BCUT2D eigenvalue weighted by Gasteiger charge is -2.42. The number of furan rings is 1. The molecule has 6 rings (SSSR count). The van der Waals surface area contributed by atoms with Crippen molar-refractivity contribution in [1.29, 1.82) is 0 Å². The van der Waals surface area contributed by atoms with Crippen LogP contribution in [0.1, 0.15) is 42.6 Å². The first-order valence-corrected chi connectivity index (χ1v) is 8.17. The summed E-state index contributed by atoms with van der Waals surface area (Å²) in [5, 5.41) is 6.70. The van der Waals surface area contributed by atoms with Crippen molar-refractivity contribution in [3.05, 3.63) is 30.2 Å². The van der Waals surface area contributed by atoms with Crippen LogP contribution in [0, 0.1) is 11.8 Å². The largest absolute Gasteiger partial charge is 0.463 e. The van der Waals surface area contributed by atoms with E-state index in [1.807, 2.05) is 0 Å². The van der Waals surface area contributed by atoms with E-state index in [9.17, 15) is 4.79 Å². The predicted octanol–water partition coefficient (Wildman–Crippen LogP) is 2.44. The molecule has 0 radical (unpaired) electrons. The van der Waals surface area contributed by atoms with Crippen LogP contribution < -0.4 is 10.6 Å². The standard InChI is InChI=1S/C17H19N3O2/c21-15(13-5-6-14-12(18-13)7-8-22-14)19-16-17(20-16)9-10-1-3-11(17)4-2-10/h5-8,10-11,16,20H,1-4,9H2,(H,19,21)/t10?,11?,16?,17-/m1/s1. The van der Waals surface area contributed by atoms with E-state index >= 15 is 0 Å². The van der Waals surface area contributed by atoms with Crippen LogP contribution in [0.3, 0.4) is 0 Å². The van der Waals surface area contributed by atoms with Gasteiger partial charge in [-0.15, -0.1) is 0 Å². The van der Waals surface area contributed by atoms with E-state index in [1.54, 1.807) is 24.5 Å². The van der Waals surface area contributed by atoms with Crippen molar-refractivity contribution in [2.24, 2.45) is 11.8 Å². The topological polar surface area (TPSA) is 77.1 Å². The number of carbonyl (C=O) groups excluding carboxylic acids is 1. The molecule has 2 atom stereocenters. The summed E-state index contributed by atoms with van der Waals surface area (Å²) < 4.78 is 5.26. The van der Waals surface area contributed by atoms with Crippen molar-refractivity contribution in [2.75, 3.05) is 0 Å². The lowest BCUT2D eigenvalue weighted by Crippen LogP contribution is -2.44. The second kappa shape index (κ2) is 4.32. The number of amides is 1. The van der Waals surface area contributed by atoms with Crippen LogP contribution in [0.15, 0.2) is 28.9 Å². The lowest BCUT2D eigenvalue weighted by molar-refractivity contribution is 0.0911. The van der Waals surface area contributed by atoms with Gasteiger partial charge in [0.15, 0.2) is 5.58 Å². The minimum Gasteiger partial charge on any atom is -0.463 e. The number of nitrogens with one attached hydrogen (secondary N) is 2. The predicted molar refractivity (Wildman–Crippen MR) is 81.2 cm³/mol. The molecule has 1 aliphatic heterocycles. The zero-order valence-corrected chi connectivity index (χ0v) is 12.3. The van der Waals surface area contributed by atoms with E-state index in [-0.39, 0.29) is 17.6 Å². The summed E-state index contributed by atoms with van der Waals surface area (Å²) in [7, 11) is 0. The van der Waals surface area contributed by atoms with Crippen LogP contribution in [0.5, 0.6) is 0 Å². The van der Waals surface area contributed by atoms with Crippen LogP contribution >= 0.6 is 0 Å². The number of hydrogen-bond acceptors (Lipinski definition) is 4. The molecule has 2 N–H and O–H groups in total. The Labute approximate surface area is 128 Å². The van der Waals surface area contributed by atoms with Gasteiger partial charge in [0.25, 0.3) is 5.91 Å². The quantitative estimate of drug-likeness (QED) is 0.835. The highest BCUT2D eigenvalue weighted by atomic mass is 16.3. The number of pyridine rings is 1. The highest BCUT2D eigenvalue weighted by Gasteiger charge is 2.62. The van der Waals surface area contributed by atoms with Crippen LogP contribution in [0.2, 0.25) is 0 Å². The first-order valence-electron chi connectivity index (χ1n) is 8.17. The maximum atomic E-state index is 12.4. The van der Waals surface area contributed by atoms with Gasteiger partial charge < -0.3 is 9.73 Å². The van der Waals surface area contributed by atoms with Crippen LogP contribution in [-0.4, -0.2) is 22.6 Å². The van der Waals surface area contributed by atoms with Gasteiger partial charge in [-0.1, -0.05) is 12.8 Å². The molecule has 114 valence electrons. The summed E-state index contributed by atoms with van der Waals surface area (Å²) in [6, 6.07) is 5.31. The Morgan fingerprint density at radius 2 is 2.14 bits per heavy atom. The van der Waals surface area contributed by atoms with Crippen molar-refractivity contribution in [3.8, 4) is 0 Å². The van der Waals surface area contributed by atoms with Crippen LogP contribution in [0.25, 0.3) is 11.1 Å². The van der Waals surface area contributed by atoms with E-state index in [2.05, 4.69) is 15.6 Å². The van der Waals surface area contributed by atoms with E-state index in [1.165, 1.54) is 32.1 Å². The fraction of sp³-hybridized carbons (Fsp3) is 0.529. The Morgan fingerprint density at radius 3 is 2.91 bits per heavy atom. The molecule has 1 saturated heterocycles. The maximum Gasteiger partial charge on any atom is 0.271 e. The second-order valence-electron chi connectivity index (χ2n) is 7.01. The fourth-order valence-corrected chi connectivity index (χ4v) is 4.63. The number of hydrogen-bond donors (Lipinski definition) is 2. The average molecular weight is 297 g/mol. The third kappa shape index (κ3) is 1.75. The van der Waals surface area contributed by atoms with Crippen molar-refractivity contribution in [1.82, 2.24) is 15.6 Å². The van der Waals surface area contributed by atoms with E-state index in [0.29, 0.717) is 11.3 Å². The average Bonchev–Trinajstić information content (AvgIpc) is 2.99. The molecule has 5 heteroatoms. The van der Waals surface area contributed by atoms with E-state index in [4.69, 9.17) is 4.42 Å². The molecule has 3 aliphatic carbocycles. The minimum absolute atomic E-state index is 0.0982. The van der Waals surface area contributed by atoms with Crippen molar-refractivity contribution in [3.63, 3.8) is 0 Å². The van der Waals surface area contributed by atoms with E-state index in [0.717, 1.165) is 17.4 Å². The summed E-state index contributed by atoms with van der Waals surface area (Å²) in [5.74, 6) is 1.48. The van der Waals surface area contributed by atoms with Crippen LogP contribution in [0.4, 0.5) is 0 Å². The van der Waals surface area contributed by atoms with Crippen molar-refractivity contribution >= 4 is 17.0 Å². The highest BCUT2D eigenvalue weighted by Crippen LogP contribution is 2.54. The van der Waals surface area contributed by atoms with Crippen LogP contribution in [-0.2, 0) is 0 Å². The molecule has 5 nitrogen and oxygen atoms in total. The molecule has 3 heterocycles. The lowest BCUT2D eigenvalue weighted by atomic mass is 9.63. The number of nitrogens with zero attached hydrogens (tertiary/aromatic N) is 1. The number of rotatable bonds is 2. The first kappa shape index (κ1) is 12.6. The molecule has 1 spiro atoms. The number of fused-ring (bicyclic) bond motifs is 3. The summed E-state index contributed by atoms with van der Waals surface area (Å²) in [4.78, 5) is 16.8. The summed E-state index contributed by atoms with van der Waals surface area (Å²) in [5.41, 5.74) is 2.07. The summed E-state index contributed by atoms with van der Waals surface area (Å²) in [6.07, 6.45) is 8.29. The van der Waals surface area contributed by atoms with Gasteiger partial charge in [0.05, 0.1) is 18.0 Å². The second-order valence-corrected chi connectivity index (χ2v) is 7.01. The first-order chi connectivity index (χ1) is 10.7. The van der Waals surface area contributed by atoms with Crippen molar-refractivity contribution in [2.45, 2.75) is 43.8 Å². The van der Waals surface area contributed by atoms with Gasteiger partial charge in [-0.05, 0) is 43.2 Å². The summed E-state index contributed by atoms with van der Waals surface area (Å²) in [6.45, 7) is 0. The molecular weight excluding hydrogens is 278 g/mol. The van der Waals surface area contributed by atoms with E-state index < -0.39 is 0 Å². The summed E-state index contributed by atoms with van der Waals surface area (Å²) >= 11 is 0. The normalized spacial score (nSPS) is 35.9. The Morgan fingerprint density at radius 1 is 1.27 bits per heavy atom. The molecule has 4 aliphatic rings. The maximum absolute atomic E-state index is 12.4. The minimum atomic E-state index is -0.0982. The number of aromatic nitrogens is 1. The zero-order valence-electron chi connectivity index (χ0n) is 12.3. The molecule has 3 saturated carbocycles. The third-order valence-corrected chi connectivity index (χ3v) is 5.86. The van der Waals surface area contributed by atoms with Gasteiger partial charge in [-0.2, -0.15) is 0 Å². The van der Waals surface area contributed by atoms with Gasteiger partial charge in [0.2, 0.25) is 0 Å². The molecule has 22 heavy (non-hydrogen) atoms. The molecule has 2 aromatic rings. The highest BCUT2D eigenvalue weighted by molar-refractivity contribution is 5.94. The monoisotopic (exact) mass is 297 g/mol. The Hall–Kier alpha value is -1.88. The van der Waals surface area contributed by atoms with Gasteiger partial charge in [-0.3, -0.25) is 10.1 Å². The zero-order chi connectivity index (χ0) is 14.7. The Bertz CT molecular complexity index is 747. The fourth-order valence-electron chi connectivity index (χ4n) is 4.63. The van der Waals surface area contributed by atoms with Gasteiger partial charge in [-0.25, -0.2) is 4.98 Å². The number of carbonyl (C=O) groups is 1. The molecule has 1 unspecified atom stereocenters. The molecule has 2 bridgehead atoms. The Kier molecular flexibility index (Phi) is 2.48. The van der Waals surface area contributed by atoms with Gasteiger partial charge >= 0.3 is 0 Å². The van der Waals surface area contributed by atoms with Gasteiger partial charge in [0.1, 0.15) is 11.2 Å². The molecule has 4 fully saturated rings. The van der Waals surface area contributed by atoms with Gasteiger partial charge in [0, 0.05) is 6.07 Å². The SMILES string of the molecule is O=C(NC1N[C@@]12CC1CCC2CC1)c1ccc2occc2n1.